The molecule has 2 heterocycles. The quantitative estimate of drug-likeness (QED) is 0.251. The molecule has 1 aliphatic heterocycles. The minimum atomic E-state index is -1.14. The molecule has 4 N–H and O–H groups in total. The zero-order chi connectivity index (χ0) is 31.3. The predicted octanol–water partition coefficient (Wildman–Crippen LogP) is 4.16. The fraction of sp³-hybridized carbons (Fsp3) is 0.419. The fourth-order valence-electron chi connectivity index (χ4n) is 4.77. The van der Waals surface area contributed by atoms with Crippen molar-refractivity contribution >= 4 is 29.4 Å². The lowest BCUT2D eigenvalue weighted by Gasteiger charge is -2.33. The number of hydrogen-bond acceptors (Lipinski definition) is 7. The molecule has 0 spiro atoms. The molecule has 3 amide bonds. The third-order valence-electron chi connectivity index (χ3n) is 6.87. The lowest BCUT2D eigenvalue weighted by Crippen LogP contribution is -2.53. The number of benzene rings is 2. The van der Waals surface area contributed by atoms with Gasteiger partial charge in [-0.2, -0.15) is 0 Å². The van der Waals surface area contributed by atoms with Crippen LogP contribution in [-0.2, 0) is 27.4 Å². The summed E-state index contributed by atoms with van der Waals surface area (Å²) < 4.78 is 21.1. The van der Waals surface area contributed by atoms with Gasteiger partial charge in [-0.05, 0) is 70.5 Å². The Morgan fingerprint density at radius 1 is 1.09 bits per heavy atom. The maximum atomic E-state index is 13.8. The van der Waals surface area contributed by atoms with Gasteiger partial charge in [0.1, 0.15) is 29.0 Å². The van der Waals surface area contributed by atoms with Crippen molar-refractivity contribution in [3.8, 4) is 11.3 Å². The number of hydrazine groups is 1. The maximum absolute atomic E-state index is 13.8. The first kappa shape index (κ1) is 31.5. The van der Waals surface area contributed by atoms with E-state index in [1.54, 1.807) is 37.8 Å². The zero-order valence-corrected chi connectivity index (χ0v) is 25.3. The van der Waals surface area contributed by atoms with Crippen LogP contribution in [0.1, 0.15) is 51.9 Å². The summed E-state index contributed by atoms with van der Waals surface area (Å²) in [6.45, 7) is 10.3. The van der Waals surface area contributed by atoms with Gasteiger partial charge >= 0.3 is 6.09 Å². The number of nitrogens with zero attached hydrogens (tertiary/aromatic N) is 4. The minimum Gasteiger partial charge on any atom is -0.444 e. The highest BCUT2D eigenvalue weighted by Crippen LogP contribution is 2.36. The summed E-state index contributed by atoms with van der Waals surface area (Å²) in [7, 11) is 0. The molecule has 4 rings (SSSR count). The van der Waals surface area contributed by atoms with E-state index in [0.29, 0.717) is 36.0 Å². The SMILES string of the molecule is CCCNC(=O)C[C@H](NC(=O)OC(C)(C)C)C(=O)N1CCn2c(nc(-c3ccc(F)cc3)c2N(N)c2ccc(C)cc2)C1. The molecule has 0 saturated heterocycles. The van der Waals surface area contributed by atoms with Gasteiger partial charge in [-0.15, -0.1) is 0 Å². The fourth-order valence-corrected chi connectivity index (χ4v) is 4.77. The molecule has 0 saturated carbocycles. The lowest BCUT2D eigenvalue weighted by molar-refractivity contribution is -0.137. The van der Waals surface area contributed by atoms with Gasteiger partial charge in [-0.1, -0.05) is 24.6 Å². The van der Waals surface area contributed by atoms with E-state index in [1.807, 2.05) is 42.7 Å². The average Bonchev–Trinajstić information content (AvgIpc) is 3.33. The Bertz CT molecular complexity index is 1450. The molecule has 1 aliphatic rings. The summed E-state index contributed by atoms with van der Waals surface area (Å²) in [4.78, 5) is 45.4. The standard InChI is InChI=1S/C31H40FN7O4/c1-6-15-34-26(40)18-24(35-30(42)43-31(3,4)5)29(41)37-16-17-38-25(19-37)36-27(21-9-11-22(32)12-10-21)28(38)39(33)23-13-7-20(2)8-14-23/h7-14,24H,6,15-19,33H2,1-5H3,(H,34,40)(H,35,42)/t24-/m0/s1. The third kappa shape index (κ3) is 7.89. The normalized spacial score (nSPS) is 13.6. The van der Waals surface area contributed by atoms with Crippen molar-refractivity contribution in [1.29, 1.82) is 0 Å². The van der Waals surface area contributed by atoms with E-state index in [-0.39, 0.29) is 31.2 Å². The van der Waals surface area contributed by atoms with Crippen LogP contribution in [0.15, 0.2) is 48.5 Å². The summed E-state index contributed by atoms with van der Waals surface area (Å²) >= 11 is 0. The van der Waals surface area contributed by atoms with E-state index in [1.165, 1.54) is 17.1 Å². The summed E-state index contributed by atoms with van der Waals surface area (Å²) in [5, 5.41) is 6.89. The monoisotopic (exact) mass is 593 g/mol. The Labute approximate surface area is 251 Å². The molecule has 1 atom stereocenters. The highest BCUT2D eigenvalue weighted by molar-refractivity contribution is 5.91. The van der Waals surface area contributed by atoms with Gasteiger partial charge in [0.25, 0.3) is 0 Å². The number of nitrogens with two attached hydrogens (primary N) is 1. The number of carbonyl (C=O) groups is 3. The second-order valence-electron chi connectivity index (χ2n) is 11.6. The number of fused-ring (bicyclic) bond motifs is 1. The van der Waals surface area contributed by atoms with Gasteiger partial charge in [-0.25, -0.2) is 20.0 Å². The van der Waals surface area contributed by atoms with Crippen molar-refractivity contribution in [3.05, 3.63) is 65.7 Å². The van der Waals surface area contributed by atoms with E-state index >= 15 is 0 Å². The summed E-state index contributed by atoms with van der Waals surface area (Å²) in [6.07, 6.45) is -0.289. The van der Waals surface area contributed by atoms with Crippen molar-refractivity contribution in [3.63, 3.8) is 0 Å². The molecular formula is C31H40FN7O4. The van der Waals surface area contributed by atoms with Crippen LogP contribution in [0.4, 0.5) is 20.7 Å². The molecule has 12 heteroatoms. The summed E-state index contributed by atoms with van der Waals surface area (Å²) in [5.74, 6) is 6.65. The molecule has 2 aromatic carbocycles. The predicted molar refractivity (Wildman–Crippen MR) is 162 cm³/mol. The molecule has 43 heavy (non-hydrogen) atoms. The van der Waals surface area contributed by atoms with Crippen LogP contribution in [0.25, 0.3) is 11.3 Å². The van der Waals surface area contributed by atoms with Crippen molar-refractivity contribution in [2.45, 2.75) is 72.2 Å². The molecular weight excluding hydrogens is 553 g/mol. The zero-order valence-electron chi connectivity index (χ0n) is 25.3. The molecule has 0 fully saturated rings. The van der Waals surface area contributed by atoms with Gasteiger partial charge in [0.2, 0.25) is 11.8 Å². The lowest BCUT2D eigenvalue weighted by atomic mass is 10.1. The number of rotatable bonds is 9. The average molecular weight is 594 g/mol. The minimum absolute atomic E-state index is 0.109. The molecule has 0 aliphatic carbocycles. The van der Waals surface area contributed by atoms with Crippen LogP contribution in [-0.4, -0.2) is 57.1 Å². The highest BCUT2D eigenvalue weighted by Gasteiger charge is 2.34. The number of ether oxygens (including phenoxy) is 1. The molecule has 3 aromatic rings. The van der Waals surface area contributed by atoms with E-state index in [9.17, 15) is 18.8 Å². The molecule has 1 aromatic heterocycles. The molecule has 230 valence electrons. The Kier molecular flexibility index (Phi) is 9.70. The smallest absolute Gasteiger partial charge is 0.408 e. The first-order valence-electron chi connectivity index (χ1n) is 14.4. The number of anilines is 2. The van der Waals surface area contributed by atoms with Gasteiger partial charge in [-0.3, -0.25) is 14.6 Å². The largest absolute Gasteiger partial charge is 0.444 e. The number of alkyl carbamates (subject to hydrolysis) is 1. The number of aromatic nitrogens is 2. The van der Waals surface area contributed by atoms with E-state index < -0.39 is 23.6 Å². The number of imidazole rings is 1. The highest BCUT2D eigenvalue weighted by atomic mass is 19.1. The Hall–Kier alpha value is -4.45. The Morgan fingerprint density at radius 3 is 2.40 bits per heavy atom. The number of nitrogens with one attached hydrogen (secondary N) is 2. The van der Waals surface area contributed by atoms with E-state index in [0.717, 1.165) is 17.7 Å². The second kappa shape index (κ2) is 13.2. The van der Waals surface area contributed by atoms with Gasteiger partial charge < -0.3 is 24.8 Å². The first-order chi connectivity index (χ1) is 20.4. The maximum Gasteiger partial charge on any atom is 0.408 e. The molecule has 0 radical (unpaired) electrons. The molecule has 0 unspecified atom stereocenters. The number of halogens is 1. The van der Waals surface area contributed by atoms with Crippen LogP contribution in [0.3, 0.4) is 0 Å². The Morgan fingerprint density at radius 2 is 1.77 bits per heavy atom. The van der Waals surface area contributed by atoms with Crippen LogP contribution >= 0.6 is 0 Å². The van der Waals surface area contributed by atoms with E-state index in [2.05, 4.69) is 10.6 Å². The van der Waals surface area contributed by atoms with Crippen LogP contribution in [0.2, 0.25) is 0 Å². The first-order valence-corrected chi connectivity index (χ1v) is 14.4. The number of aryl methyl sites for hydroxylation is 1. The van der Waals surface area contributed by atoms with Crippen LogP contribution in [0, 0.1) is 12.7 Å². The number of amides is 3. The third-order valence-corrected chi connectivity index (χ3v) is 6.87. The van der Waals surface area contributed by atoms with Crippen molar-refractivity contribution in [1.82, 2.24) is 25.1 Å². The molecule has 0 bridgehead atoms. The number of hydrogen-bond donors (Lipinski definition) is 3. The summed E-state index contributed by atoms with van der Waals surface area (Å²) in [6, 6.07) is 12.6. The Balaban J connectivity index is 1.65. The number of carbonyl (C=O) groups excluding carboxylic acids is 3. The second-order valence-corrected chi connectivity index (χ2v) is 11.6. The van der Waals surface area contributed by atoms with Crippen molar-refractivity contribution in [2.24, 2.45) is 5.84 Å². The topological polar surface area (TPSA) is 135 Å². The van der Waals surface area contributed by atoms with E-state index in [4.69, 9.17) is 15.6 Å². The van der Waals surface area contributed by atoms with Crippen LogP contribution in [0.5, 0.6) is 0 Å². The van der Waals surface area contributed by atoms with Gasteiger partial charge in [0.15, 0.2) is 5.82 Å². The molecule has 11 nitrogen and oxygen atoms in total. The van der Waals surface area contributed by atoms with Gasteiger partial charge in [0, 0.05) is 25.2 Å². The van der Waals surface area contributed by atoms with Gasteiger partial charge in [0.05, 0.1) is 18.7 Å². The van der Waals surface area contributed by atoms with Crippen molar-refractivity contribution in [2.75, 3.05) is 18.1 Å². The van der Waals surface area contributed by atoms with Crippen molar-refractivity contribution < 1.29 is 23.5 Å². The van der Waals surface area contributed by atoms with Crippen LogP contribution < -0.4 is 21.5 Å². The summed E-state index contributed by atoms with van der Waals surface area (Å²) in [5.41, 5.74) is 2.23.